The van der Waals surface area contributed by atoms with Crippen molar-refractivity contribution in [3.63, 3.8) is 0 Å². The quantitative estimate of drug-likeness (QED) is 0.840. The number of carbonyl (C=O) groups is 1. The van der Waals surface area contributed by atoms with Crippen molar-refractivity contribution in [1.82, 2.24) is 19.8 Å². The molecule has 0 aromatic carbocycles. The molecule has 0 N–H and O–H groups in total. The minimum absolute atomic E-state index is 0.175. The summed E-state index contributed by atoms with van der Waals surface area (Å²) in [6.07, 6.45) is 8.67. The molecule has 3 fully saturated rings. The van der Waals surface area contributed by atoms with E-state index in [1.165, 1.54) is 0 Å². The van der Waals surface area contributed by atoms with Gasteiger partial charge in [0.05, 0.1) is 12.0 Å². The van der Waals surface area contributed by atoms with E-state index in [0.29, 0.717) is 11.9 Å². The molecule has 24 heavy (non-hydrogen) atoms. The molecule has 4 rings (SSSR count). The van der Waals surface area contributed by atoms with Crippen LogP contribution in [0.1, 0.15) is 37.9 Å². The predicted molar refractivity (Wildman–Crippen MR) is 89.1 cm³/mol. The van der Waals surface area contributed by atoms with E-state index < -0.39 is 0 Å². The van der Waals surface area contributed by atoms with Crippen LogP contribution in [0.2, 0.25) is 0 Å². The summed E-state index contributed by atoms with van der Waals surface area (Å²) in [6.45, 7) is 5.06. The molecule has 6 heteroatoms. The normalized spacial score (nSPS) is 29.5. The topological polar surface area (TPSA) is 58.6 Å². The number of hydrogen-bond acceptors (Lipinski definition) is 5. The van der Waals surface area contributed by atoms with E-state index in [0.717, 1.165) is 77.3 Å². The molecule has 1 spiro atoms. The fourth-order valence-corrected chi connectivity index (χ4v) is 4.53. The highest BCUT2D eigenvalue weighted by Gasteiger charge is 2.49. The van der Waals surface area contributed by atoms with Gasteiger partial charge in [-0.05, 0) is 44.7 Å². The van der Waals surface area contributed by atoms with Crippen LogP contribution >= 0.6 is 0 Å². The van der Waals surface area contributed by atoms with Crippen LogP contribution in [0.4, 0.5) is 0 Å². The van der Waals surface area contributed by atoms with Crippen LogP contribution in [0.3, 0.4) is 0 Å². The Bertz CT molecular complexity index is 576. The molecule has 1 amide bonds. The fourth-order valence-electron chi connectivity index (χ4n) is 4.53. The van der Waals surface area contributed by atoms with Crippen molar-refractivity contribution in [3.8, 4) is 0 Å². The zero-order chi connectivity index (χ0) is 16.4. The van der Waals surface area contributed by atoms with Crippen LogP contribution in [0.5, 0.6) is 0 Å². The minimum atomic E-state index is -0.175. The summed E-state index contributed by atoms with van der Waals surface area (Å²) >= 11 is 0. The van der Waals surface area contributed by atoms with Gasteiger partial charge in [0.2, 0.25) is 5.91 Å². The number of likely N-dealkylation sites (tertiary alicyclic amines) is 2. The van der Waals surface area contributed by atoms with Gasteiger partial charge in [0.25, 0.3) is 0 Å². The van der Waals surface area contributed by atoms with Gasteiger partial charge in [0.15, 0.2) is 0 Å². The lowest BCUT2D eigenvalue weighted by atomic mass is 9.77. The van der Waals surface area contributed by atoms with Crippen molar-refractivity contribution >= 4 is 5.91 Å². The van der Waals surface area contributed by atoms with Crippen LogP contribution in [0, 0.1) is 5.41 Å². The van der Waals surface area contributed by atoms with E-state index in [2.05, 4.69) is 19.8 Å². The number of rotatable bonds is 3. The van der Waals surface area contributed by atoms with Gasteiger partial charge < -0.3 is 9.64 Å². The van der Waals surface area contributed by atoms with Crippen molar-refractivity contribution in [3.05, 3.63) is 24.3 Å². The second kappa shape index (κ2) is 6.76. The standard InChI is InChI=1S/C18H26N4O2/c23-17-18(5-1-9-22(17)15-3-11-24-12-4-15)6-10-21(14-18)13-16-19-7-2-8-20-16/h2,7-8,15H,1,3-6,9-14H2. The third kappa shape index (κ3) is 3.05. The van der Waals surface area contributed by atoms with Gasteiger partial charge in [0, 0.05) is 44.7 Å². The lowest BCUT2D eigenvalue weighted by Gasteiger charge is -2.44. The average molecular weight is 330 g/mol. The van der Waals surface area contributed by atoms with Crippen molar-refractivity contribution in [2.75, 3.05) is 32.8 Å². The number of nitrogens with zero attached hydrogens (tertiary/aromatic N) is 4. The van der Waals surface area contributed by atoms with E-state index in [-0.39, 0.29) is 5.41 Å². The second-order valence-electron chi connectivity index (χ2n) is 7.35. The molecule has 1 aromatic rings. The van der Waals surface area contributed by atoms with Crippen molar-refractivity contribution in [2.24, 2.45) is 5.41 Å². The van der Waals surface area contributed by atoms with Crippen LogP contribution in [-0.2, 0) is 16.1 Å². The Morgan fingerprint density at radius 1 is 1.17 bits per heavy atom. The molecule has 1 unspecified atom stereocenters. The number of aromatic nitrogens is 2. The van der Waals surface area contributed by atoms with E-state index in [1.54, 1.807) is 12.4 Å². The van der Waals surface area contributed by atoms with Gasteiger partial charge >= 0.3 is 0 Å². The van der Waals surface area contributed by atoms with E-state index in [1.807, 2.05) is 6.07 Å². The average Bonchev–Trinajstić information content (AvgIpc) is 3.03. The molecule has 1 atom stereocenters. The first-order chi connectivity index (χ1) is 11.8. The minimum Gasteiger partial charge on any atom is -0.381 e. The predicted octanol–water partition coefficient (Wildman–Crippen LogP) is 1.47. The first-order valence-electron chi connectivity index (χ1n) is 9.14. The summed E-state index contributed by atoms with van der Waals surface area (Å²) in [5, 5.41) is 0. The van der Waals surface area contributed by atoms with Gasteiger partial charge in [-0.15, -0.1) is 0 Å². The maximum absolute atomic E-state index is 13.3. The summed E-state index contributed by atoms with van der Waals surface area (Å²) in [5.41, 5.74) is -0.175. The molecule has 3 aliphatic rings. The maximum atomic E-state index is 13.3. The van der Waals surface area contributed by atoms with Gasteiger partial charge in [-0.25, -0.2) is 9.97 Å². The number of hydrogen-bond donors (Lipinski definition) is 0. The number of amides is 1. The van der Waals surface area contributed by atoms with E-state index in [4.69, 9.17) is 4.74 Å². The molecule has 1 aromatic heterocycles. The van der Waals surface area contributed by atoms with Crippen molar-refractivity contribution in [1.29, 1.82) is 0 Å². The molecule has 6 nitrogen and oxygen atoms in total. The van der Waals surface area contributed by atoms with Crippen LogP contribution < -0.4 is 0 Å². The SMILES string of the molecule is O=C1N(C2CCOCC2)CCCC12CCN(Cc1ncccn1)C2. The van der Waals surface area contributed by atoms with Crippen LogP contribution in [-0.4, -0.2) is 64.6 Å². The Morgan fingerprint density at radius 2 is 1.96 bits per heavy atom. The Hall–Kier alpha value is -1.53. The van der Waals surface area contributed by atoms with Crippen LogP contribution in [0.25, 0.3) is 0 Å². The van der Waals surface area contributed by atoms with Gasteiger partial charge in [-0.1, -0.05) is 0 Å². The van der Waals surface area contributed by atoms with E-state index in [9.17, 15) is 4.79 Å². The van der Waals surface area contributed by atoms with Gasteiger partial charge in [-0.3, -0.25) is 9.69 Å². The van der Waals surface area contributed by atoms with Gasteiger partial charge in [0.1, 0.15) is 5.82 Å². The smallest absolute Gasteiger partial charge is 0.230 e. The zero-order valence-electron chi connectivity index (χ0n) is 14.2. The first-order valence-corrected chi connectivity index (χ1v) is 9.14. The molecule has 0 aliphatic carbocycles. The van der Waals surface area contributed by atoms with Crippen LogP contribution in [0.15, 0.2) is 18.5 Å². The lowest BCUT2D eigenvalue weighted by Crippen LogP contribution is -2.54. The maximum Gasteiger partial charge on any atom is 0.230 e. The first kappa shape index (κ1) is 16.0. The Morgan fingerprint density at radius 3 is 2.75 bits per heavy atom. The second-order valence-corrected chi connectivity index (χ2v) is 7.35. The summed E-state index contributed by atoms with van der Waals surface area (Å²) in [5.74, 6) is 1.23. The highest BCUT2D eigenvalue weighted by Crippen LogP contribution is 2.41. The third-order valence-corrected chi connectivity index (χ3v) is 5.82. The zero-order valence-corrected chi connectivity index (χ0v) is 14.2. The van der Waals surface area contributed by atoms with Crippen molar-refractivity contribution in [2.45, 2.75) is 44.7 Å². The number of piperidine rings is 1. The van der Waals surface area contributed by atoms with Gasteiger partial charge in [-0.2, -0.15) is 0 Å². The highest BCUT2D eigenvalue weighted by atomic mass is 16.5. The Kier molecular flexibility index (Phi) is 4.50. The summed E-state index contributed by atoms with van der Waals surface area (Å²) < 4.78 is 5.47. The Balaban J connectivity index is 1.43. The molecule has 0 saturated carbocycles. The number of carbonyl (C=O) groups excluding carboxylic acids is 1. The molecular formula is C18H26N4O2. The monoisotopic (exact) mass is 330 g/mol. The molecule has 3 saturated heterocycles. The summed E-state index contributed by atoms with van der Waals surface area (Å²) in [7, 11) is 0. The Labute approximate surface area is 143 Å². The molecule has 4 heterocycles. The molecular weight excluding hydrogens is 304 g/mol. The summed E-state index contributed by atoms with van der Waals surface area (Å²) in [6, 6.07) is 2.22. The summed E-state index contributed by atoms with van der Waals surface area (Å²) in [4.78, 5) is 26.4. The molecule has 130 valence electrons. The van der Waals surface area contributed by atoms with Crippen molar-refractivity contribution < 1.29 is 9.53 Å². The molecule has 0 bridgehead atoms. The largest absolute Gasteiger partial charge is 0.381 e. The highest BCUT2D eigenvalue weighted by molar-refractivity contribution is 5.84. The molecule has 3 aliphatic heterocycles. The van der Waals surface area contributed by atoms with E-state index >= 15 is 0 Å². The third-order valence-electron chi connectivity index (χ3n) is 5.82. The fraction of sp³-hybridized carbons (Fsp3) is 0.722. The number of ether oxygens (including phenoxy) is 1. The lowest BCUT2D eigenvalue weighted by molar-refractivity contribution is -0.150. The molecule has 0 radical (unpaired) electrons.